The predicted octanol–water partition coefficient (Wildman–Crippen LogP) is 2.02. The van der Waals surface area contributed by atoms with Crippen molar-refractivity contribution in [3.63, 3.8) is 0 Å². The number of fused-ring (bicyclic) bond motifs is 1. The van der Waals surface area contributed by atoms with E-state index < -0.39 is 17.0 Å². The summed E-state index contributed by atoms with van der Waals surface area (Å²) in [6.45, 7) is 0.463. The van der Waals surface area contributed by atoms with E-state index in [1.54, 1.807) is 29.1 Å². The molecule has 31 heavy (non-hydrogen) atoms. The summed E-state index contributed by atoms with van der Waals surface area (Å²) in [5, 5.41) is 10.6. The number of pyridine rings is 1. The lowest BCUT2D eigenvalue weighted by Gasteiger charge is -2.11. The van der Waals surface area contributed by atoms with Crippen LogP contribution < -0.4 is 5.32 Å². The van der Waals surface area contributed by atoms with Gasteiger partial charge in [-0.1, -0.05) is 29.5 Å². The fraction of sp³-hybridized carbons (Fsp3) is 0.238. The summed E-state index contributed by atoms with van der Waals surface area (Å²) in [5.41, 5.74) is 3.68. The van der Waals surface area contributed by atoms with Crippen molar-refractivity contribution in [2.24, 2.45) is 0 Å². The Balaban J connectivity index is 1.25. The van der Waals surface area contributed by atoms with Gasteiger partial charge in [-0.3, -0.25) is 9.00 Å². The van der Waals surface area contributed by atoms with Crippen LogP contribution in [0.4, 0.5) is 0 Å². The first-order chi connectivity index (χ1) is 15.1. The minimum atomic E-state index is -2.37. The number of rotatable bonds is 7. The minimum absolute atomic E-state index is 0.0750. The molecule has 0 radical (unpaired) electrons. The molecule has 0 bridgehead atoms. The van der Waals surface area contributed by atoms with Crippen LogP contribution in [0.25, 0.3) is 5.65 Å². The van der Waals surface area contributed by atoms with Crippen LogP contribution in [0, 0.1) is 0 Å². The van der Waals surface area contributed by atoms with Crippen LogP contribution in [-0.4, -0.2) is 39.0 Å². The number of imidazole rings is 1. The first-order valence-electron chi connectivity index (χ1n) is 9.90. The summed E-state index contributed by atoms with van der Waals surface area (Å²) in [6, 6.07) is 10.6. The van der Waals surface area contributed by atoms with Gasteiger partial charge in [0, 0.05) is 23.8 Å². The summed E-state index contributed by atoms with van der Waals surface area (Å²) in [7, 11) is 0. The van der Waals surface area contributed by atoms with E-state index >= 15 is 0 Å². The molecular weight excluding hydrogens is 416 g/mol. The molecule has 1 aromatic carbocycles. The monoisotopic (exact) mass is 435 g/mol. The van der Waals surface area contributed by atoms with Crippen LogP contribution >= 0.6 is 0 Å². The Labute approximate surface area is 180 Å². The molecule has 1 N–H and O–H groups in total. The van der Waals surface area contributed by atoms with Crippen molar-refractivity contribution in [3.05, 3.63) is 77.5 Å². The number of hydrogen-bond donors (Lipinski definition) is 1. The van der Waals surface area contributed by atoms with Gasteiger partial charge in [0.1, 0.15) is 5.65 Å². The zero-order chi connectivity index (χ0) is 21.4. The Hall–Kier alpha value is -3.37. The molecule has 1 saturated carbocycles. The van der Waals surface area contributed by atoms with Crippen molar-refractivity contribution < 1.29 is 13.6 Å². The van der Waals surface area contributed by atoms with Gasteiger partial charge in [-0.25, -0.2) is 9.67 Å². The summed E-state index contributed by atoms with van der Waals surface area (Å²) in [6.07, 6.45) is 8.13. The standard InChI is InChI=1S/C21H20N6O3S/c28-21(22-9-15-3-1-2-4-19(15)31(29)30)18-13-27(25-24-18)12-17-11-26-10-16(14-5-6-14)7-8-20(26)23-17/h1-4,7-8,10-11,13-14H,5-6,9,12H2,(H,22,28)(H,29,30)/p-1. The Bertz CT molecular complexity index is 1290. The summed E-state index contributed by atoms with van der Waals surface area (Å²) in [4.78, 5) is 17.2. The molecule has 1 unspecified atom stereocenters. The van der Waals surface area contributed by atoms with Gasteiger partial charge >= 0.3 is 0 Å². The van der Waals surface area contributed by atoms with E-state index in [1.165, 1.54) is 24.5 Å². The lowest BCUT2D eigenvalue weighted by Crippen LogP contribution is -2.23. The van der Waals surface area contributed by atoms with Crippen molar-refractivity contribution in [2.75, 3.05) is 0 Å². The van der Waals surface area contributed by atoms with Crippen molar-refractivity contribution in [1.29, 1.82) is 0 Å². The van der Waals surface area contributed by atoms with Crippen LogP contribution in [0.5, 0.6) is 0 Å². The number of aromatic nitrogens is 5. The fourth-order valence-corrected chi connectivity index (χ4v) is 4.06. The number of hydrogen-bond acceptors (Lipinski definition) is 6. The number of carbonyl (C=O) groups excluding carboxylic acids is 1. The lowest BCUT2D eigenvalue weighted by atomic mass is 10.2. The number of nitrogens with one attached hydrogen (secondary N) is 1. The first-order valence-corrected chi connectivity index (χ1v) is 11.0. The third-order valence-electron chi connectivity index (χ3n) is 5.26. The molecule has 1 aliphatic rings. The highest BCUT2D eigenvalue weighted by Gasteiger charge is 2.23. The van der Waals surface area contributed by atoms with Gasteiger partial charge in [-0.2, -0.15) is 0 Å². The van der Waals surface area contributed by atoms with Crippen LogP contribution in [0.2, 0.25) is 0 Å². The maximum atomic E-state index is 12.4. The molecule has 9 nitrogen and oxygen atoms in total. The van der Waals surface area contributed by atoms with Gasteiger partial charge in [-0.15, -0.1) is 5.10 Å². The molecule has 1 fully saturated rings. The maximum Gasteiger partial charge on any atom is 0.273 e. The van der Waals surface area contributed by atoms with E-state index in [1.807, 2.05) is 16.7 Å². The van der Waals surface area contributed by atoms with Gasteiger partial charge in [0.15, 0.2) is 5.69 Å². The van der Waals surface area contributed by atoms with Crippen molar-refractivity contribution in [1.82, 2.24) is 29.7 Å². The van der Waals surface area contributed by atoms with Crippen LogP contribution in [-0.2, 0) is 24.2 Å². The SMILES string of the molecule is O=C(NCc1ccccc1S(=O)[O-])c1cn(Cc2cn3cc(C4CC4)ccc3n2)nn1. The Morgan fingerprint density at radius 3 is 2.81 bits per heavy atom. The van der Waals surface area contributed by atoms with E-state index in [2.05, 4.69) is 32.9 Å². The highest BCUT2D eigenvalue weighted by atomic mass is 32.2. The van der Waals surface area contributed by atoms with Gasteiger partial charge < -0.3 is 14.3 Å². The van der Waals surface area contributed by atoms with Crippen molar-refractivity contribution >= 4 is 22.6 Å². The Kier molecular flexibility index (Phi) is 5.08. The van der Waals surface area contributed by atoms with Crippen molar-refractivity contribution in [2.45, 2.75) is 36.7 Å². The average Bonchev–Trinajstić information content (AvgIpc) is 3.38. The van der Waals surface area contributed by atoms with E-state index in [9.17, 15) is 13.6 Å². The van der Waals surface area contributed by atoms with Crippen LogP contribution in [0.15, 0.2) is 59.9 Å². The second-order valence-electron chi connectivity index (χ2n) is 7.56. The molecule has 0 saturated heterocycles. The number of benzene rings is 1. The molecule has 0 spiro atoms. The Morgan fingerprint density at radius 2 is 2.00 bits per heavy atom. The molecule has 158 valence electrons. The minimum Gasteiger partial charge on any atom is -0.768 e. The fourth-order valence-electron chi connectivity index (χ4n) is 3.52. The smallest absolute Gasteiger partial charge is 0.273 e. The zero-order valence-electron chi connectivity index (χ0n) is 16.5. The molecule has 4 aromatic rings. The number of nitrogens with zero attached hydrogens (tertiary/aromatic N) is 5. The van der Waals surface area contributed by atoms with E-state index in [-0.39, 0.29) is 17.1 Å². The zero-order valence-corrected chi connectivity index (χ0v) is 17.3. The molecular formula is C21H19N6O3S-. The van der Waals surface area contributed by atoms with Gasteiger partial charge in [-0.05, 0) is 53.1 Å². The Morgan fingerprint density at radius 1 is 1.16 bits per heavy atom. The highest BCUT2D eigenvalue weighted by Crippen LogP contribution is 2.39. The molecule has 3 aromatic heterocycles. The molecule has 1 aliphatic carbocycles. The van der Waals surface area contributed by atoms with E-state index in [0.29, 0.717) is 18.0 Å². The highest BCUT2D eigenvalue weighted by molar-refractivity contribution is 7.79. The largest absolute Gasteiger partial charge is 0.768 e. The summed E-state index contributed by atoms with van der Waals surface area (Å²) in [5.74, 6) is 0.244. The first kappa shape index (κ1) is 19.6. The predicted molar refractivity (Wildman–Crippen MR) is 111 cm³/mol. The van der Waals surface area contributed by atoms with Gasteiger partial charge in [0.05, 0.1) is 18.4 Å². The molecule has 5 rings (SSSR count). The number of carbonyl (C=O) groups is 1. The third kappa shape index (κ3) is 4.25. The molecule has 10 heteroatoms. The average molecular weight is 435 g/mol. The molecule has 0 aliphatic heterocycles. The maximum absolute atomic E-state index is 12.4. The quantitative estimate of drug-likeness (QED) is 0.444. The lowest BCUT2D eigenvalue weighted by molar-refractivity contribution is 0.0945. The van der Waals surface area contributed by atoms with E-state index in [0.717, 1.165) is 11.3 Å². The van der Waals surface area contributed by atoms with Gasteiger partial charge in [0.2, 0.25) is 0 Å². The molecule has 1 atom stereocenters. The summed E-state index contributed by atoms with van der Waals surface area (Å²) >= 11 is -2.37. The molecule has 1 amide bonds. The van der Waals surface area contributed by atoms with Crippen LogP contribution in [0.1, 0.15) is 46.1 Å². The third-order valence-corrected chi connectivity index (χ3v) is 6.02. The topological polar surface area (TPSA) is 117 Å². The number of amides is 1. The molecule has 3 heterocycles. The van der Waals surface area contributed by atoms with Gasteiger partial charge in [0.25, 0.3) is 5.91 Å². The summed E-state index contributed by atoms with van der Waals surface area (Å²) < 4.78 is 26.1. The second-order valence-corrected chi connectivity index (χ2v) is 8.47. The van der Waals surface area contributed by atoms with Crippen molar-refractivity contribution in [3.8, 4) is 0 Å². The normalized spacial score (nSPS) is 14.6. The van der Waals surface area contributed by atoms with E-state index in [4.69, 9.17) is 0 Å². The second kappa shape index (κ2) is 8.05. The van der Waals surface area contributed by atoms with Crippen LogP contribution in [0.3, 0.4) is 0 Å².